The first-order chi connectivity index (χ1) is 19.3. The monoisotopic (exact) mass is 564 g/mol. The second-order valence-electron chi connectivity index (χ2n) is 11.3. The van der Waals surface area contributed by atoms with Crippen molar-refractivity contribution in [1.29, 1.82) is 0 Å². The molecule has 1 aliphatic carbocycles. The summed E-state index contributed by atoms with van der Waals surface area (Å²) in [4.78, 5) is 12.9. The largest absolute Gasteiger partial charge is 0.492 e. The van der Waals surface area contributed by atoms with Crippen molar-refractivity contribution >= 4 is 25.0 Å². The Labute approximate surface area is 237 Å². The molecule has 214 valence electrons. The molecule has 0 unspecified atom stereocenters. The number of hydrogen-bond donors (Lipinski definition) is 2. The van der Waals surface area contributed by atoms with E-state index in [1.807, 2.05) is 76.2 Å². The lowest BCUT2D eigenvalue weighted by Crippen LogP contribution is -2.41. The van der Waals surface area contributed by atoms with E-state index in [4.69, 9.17) is 19.8 Å². The van der Waals surface area contributed by atoms with E-state index in [1.165, 1.54) is 18.2 Å². The average molecular weight is 564 g/mol. The predicted molar refractivity (Wildman–Crippen MR) is 153 cm³/mol. The van der Waals surface area contributed by atoms with Crippen LogP contribution in [-0.4, -0.2) is 37.6 Å². The minimum absolute atomic E-state index is 0.0107. The van der Waals surface area contributed by atoms with Crippen LogP contribution < -0.4 is 11.1 Å². The molecule has 1 aliphatic heterocycles. The van der Waals surface area contributed by atoms with Crippen LogP contribution >= 0.6 is 0 Å². The number of ether oxygens (including phenoxy) is 1. The summed E-state index contributed by atoms with van der Waals surface area (Å²) in [6.07, 6.45) is -4.01. The molecule has 1 heterocycles. The molecule has 41 heavy (non-hydrogen) atoms. The minimum atomic E-state index is -4.64. The van der Waals surface area contributed by atoms with Crippen molar-refractivity contribution in [3.8, 4) is 11.1 Å². The van der Waals surface area contributed by atoms with Crippen LogP contribution in [0.15, 0.2) is 72.2 Å². The Kier molecular flexibility index (Phi) is 7.42. The number of carbonyl (C=O) groups excluding carboxylic acids is 1. The Hall–Kier alpha value is -3.76. The number of benzene rings is 3. The van der Waals surface area contributed by atoms with E-state index < -0.39 is 36.2 Å². The minimum Gasteiger partial charge on any atom is -0.449 e. The highest BCUT2D eigenvalue weighted by Gasteiger charge is 2.52. The number of alkyl carbamates (subject to hydrolysis) is 1. The van der Waals surface area contributed by atoms with Crippen molar-refractivity contribution in [2.45, 2.75) is 51.0 Å². The van der Waals surface area contributed by atoms with Gasteiger partial charge in [0.2, 0.25) is 0 Å². The number of hydrogen-bond acceptors (Lipinski definition) is 5. The molecular weight excluding hydrogens is 532 g/mol. The van der Waals surface area contributed by atoms with Crippen LogP contribution in [0.3, 0.4) is 0 Å². The molecule has 3 aromatic rings. The third-order valence-corrected chi connectivity index (χ3v) is 8.06. The topological polar surface area (TPSA) is 82.8 Å². The van der Waals surface area contributed by atoms with Crippen LogP contribution in [0, 0.1) is 0 Å². The van der Waals surface area contributed by atoms with Gasteiger partial charge in [-0.1, -0.05) is 60.7 Å². The lowest BCUT2D eigenvalue weighted by atomic mass is 9.76. The van der Waals surface area contributed by atoms with Gasteiger partial charge in [-0.2, -0.15) is 13.2 Å². The van der Waals surface area contributed by atoms with Crippen LogP contribution in [-0.2, 0) is 20.2 Å². The predicted octanol–water partition coefficient (Wildman–Crippen LogP) is 6.84. The molecule has 0 aromatic heterocycles. The number of carbonyl (C=O) groups is 1. The summed E-state index contributed by atoms with van der Waals surface area (Å²) in [6, 6.07) is 19.5. The SMILES string of the molecule is CC1(C)OB(C(=Cc2ccc(N)cc2C(F)(F)F)CNC(=O)OCC2c3ccccc3-c3ccccc32)OC1(C)C. The molecule has 6 nitrogen and oxygen atoms in total. The fraction of sp³-hybridized carbons (Fsp3) is 0.323. The summed E-state index contributed by atoms with van der Waals surface area (Å²) in [7, 11) is -0.993. The maximum Gasteiger partial charge on any atom is 0.492 e. The number of amides is 1. The van der Waals surface area contributed by atoms with Crippen molar-refractivity contribution in [2.75, 3.05) is 18.9 Å². The molecule has 3 N–H and O–H groups in total. The van der Waals surface area contributed by atoms with E-state index in [9.17, 15) is 18.0 Å². The van der Waals surface area contributed by atoms with E-state index in [0.717, 1.165) is 28.3 Å². The van der Waals surface area contributed by atoms with E-state index in [0.29, 0.717) is 5.47 Å². The zero-order chi connectivity index (χ0) is 29.6. The molecule has 1 amide bonds. The molecular formula is C31H32BF3N2O4. The van der Waals surface area contributed by atoms with Gasteiger partial charge in [0.15, 0.2) is 0 Å². The van der Waals surface area contributed by atoms with Crippen molar-refractivity contribution in [2.24, 2.45) is 0 Å². The first-order valence-electron chi connectivity index (χ1n) is 13.4. The third kappa shape index (κ3) is 5.71. The second-order valence-corrected chi connectivity index (χ2v) is 11.3. The van der Waals surface area contributed by atoms with Gasteiger partial charge in [-0.15, -0.1) is 0 Å². The summed E-state index contributed by atoms with van der Waals surface area (Å²) in [6.45, 7) is 7.31. The van der Waals surface area contributed by atoms with Crippen LogP contribution in [0.1, 0.15) is 55.9 Å². The Balaban J connectivity index is 1.36. The highest BCUT2D eigenvalue weighted by Crippen LogP contribution is 2.44. The van der Waals surface area contributed by atoms with E-state index in [1.54, 1.807) is 0 Å². The molecule has 2 aliphatic rings. The normalized spacial score (nSPS) is 17.7. The number of rotatable bonds is 6. The standard InChI is InChI=1S/C31H32BF3N2O4/c1-29(2)30(3,4)41-32(40-29)20(15-19-13-14-21(36)16-27(19)31(33,34)35)17-37-28(38)39-18-26-24-11-7-5-9-22(24)23-10-6-8-12-25(23)26/h5-16,26H,17-18,36H2,1-4H3,(H,37,38). The fourth-order valence-corrected chi connectivity index (χ4v) is 5.17. The zero-order valence-corrected chi connectivity index (χ0v) is 23.3. The van der Waals surface area contributed by atoms with E-state index >= 15 is 0 Å². The molecule has 0 bridgehead atoms. The zero-order valence-electron chi connectivity index (χ0n) is 23.3. The number of alkyl halides is 3. The lowest BCUT2D eigenvalue weighted by Gasteiger charge is -2.32. The summed E-state index contributed by atoms with van der Waals surface area (Å²) in [5.41, 5.74) is 7.79. The van der Waals surface area contributed by atoms with E-state index in [2.05, 4.69) is 5.32 Å². The van der Waals surface area contributed by atoms with Gasteiger partial charge in [0.05, 0.1) is 16.8 Å². The fourth-order valence-electron chi connectivity index (χ4n) is 5.17. The summed E-state index contributed by atoms with van der Waals surface area (Å²) >= 11 is 0. The van der Waals surface area contributed by atoms with Crippen LogP contribution in [0.2, 0.25) is 0 Å². The molecule has 5 rings (SSSR count). The summed E-state index contributed by atoms with van der Waals surface area (Å²) in [5.74, 6) is -0.129. The number of halogens is 3. The molecule has 0 spiro atoms. The summed E-state index contributed by atoms with van der Waals surface area (Å²) < 4.78 is 59.4. The Morgan fingerprint density at radius 1 is 0.976 bits per heavy atom. The van der Waals surface area contributed by atoms with Crippen LogP contribution in [0.5, 0.6) is 0 Å². The first-order valence-corrected chi connectivity index (χ1v) is 13.4. The lowest BCUT2D eigenvalue weighted by molar-refractivity contribution is -0.137. The quantitative estimate of drug-likeness (QED) is 0.253. The Morgan fingerprint density at radius 2 is 1.54 bits per heavy atom. The average Bonchev–Trinajstić information content (AvgIpc) is 3.34. The first kappa shape index (κ1) is 28.8. The number of nitrogens with one attached hydrogen (secondary N) is 1. The molecule has 0 atom stereocenters. The number of nitrogen functional groups attached to an aromatic ring is 1. The van der Waals surface area contributed by atoms with E-state index in [-0.39, 0.29) is 30.3 Å². The summed E-state index contributed by atoms with van der Waals surface area (Å²) in [5, 5.41) is 2.68. The molecule has 1 saturated heterocycles. The van der Waals surface area contributed by atoms with Crippen molar-refractivity contribution in [3.63, 3.8) is 0 Å². The van der Waals surface area contributed by atoms with Gasteiger partial charge < -0.3 is 25.1 Å². The van der Waals surface area contributed by atoms with Gasteiger partial charge in [-0.05, 0) is 73.1 Å². The van der Waals surface area contributed by atoms with Crippen molar-refractivity contribution < 1.29 is 32.0 Å². The van der Waals surface area contributed by atoms with Gasteiger partial charge >= 0.3 is 19.4 Å². The molecule has 1 fully saturated rings. The smallest absolute Gasteiger partial charge is 0.449 e. The van der Waals surface area contributed by atoms with Crippen LogP contribution in [0.4, 0.5) is 23.7 Å². The van der Waals surface area contributed by atoms with Crippen molar-refractivity contribution in [1.82, 2.24) is 5.32 Å². The van der Waals surface area contributed by atoms with Gasteiger partial charge in [0.25, 0.3) is 0 Å². The molecule has 10 heteroatoms. The van der Waals surface area contributed by atoms with Gasteiger partial charge in [0, 0.05) is 18.2 Å². The van der Waals surface area contributed by atoms with Crippen molar-refractivity contribution in [3.05, 3.63) is 94.5 Å². The van der Waals surface area contributed by atoms with Gasteiger partial charge in [-0.25, -0.2) is 4.79 Å². The van der Waals surface area contributed by atoms with Gasteiger partial charge in [-0.3, -0.25) is 0 Å². The molecule has 3 aromatic carbocycles. The highest BCUT2D eigenvalue weighted by atomic mass is 19.4. The molecule has 0 saturated carbocycles. The van der Waals surface area contributed by atoms with Gasteiger partial charge in [0.1, 0.15) is 6.61 Å². The Morgan fingerprint density at radius 3 is 2.10 bits per heavy atom. The second kappa shape index (κ2) is 10.6. The number of fused-ring (bicyclic) bond motifs is 3. The highest BCUT2D eigenvalue weighted by molar-refractivity contribution is 6.56. The number of nitrogens with two attached hydrogens (primary N) is 1. The third-order valence-electron chi connectivity index (χ3n) is 8.06. The number of anilines is 1. The Bertz CT molecular complexity index is 1440. The maximum absolute atomic E-state index is 13.8. The van der Waals surface area contributed by atoms with Crippen LogP contribution in [0.25, 0.3) is 17.2 Å². The molecule has 0 radical (unpaired) electrons. The maximum atomic E-state index is 13.8.